The number of fused-ring (bicyclic) bond motifs is 2. The minimum absolute atomic E-state index is 0.111. The monoisotopic (exact) mass is 303 g/mol. The molecule has 0 spiro atoms. The molecule has 1 aliphatic rings. The quantitative estimate of drug-likeness (QED) is 0.728. The first-order valence-electron chi connectivity index (χ1n) is 7.80. The third-order valence-electron chi connectivity index (χ3n) is 4.19. The number of aromatic nitrogens is 2. The van der Waals surface area contributed by atoms with Gasteiger partial charge in [-0.3, -0.25) is 4.79 Å². The summed E-state index contributed by atoms with van der Waals surface area (Å²) >= 11 is 0. The summed E-state index contributed by atoms with van der Waals surface area (Å²) in [6, 6.07) is 13.9. The molecular formula is C19H17N3O. The zero-order valence-corrected chi connectivity index (χ0v) is 12.7. The molecule has 0 radical (unpaired) electrons. The molecule has 0 fully saturated rings. The van der Waals surface area contributed by atoms with E-state index in [0.717, 1.165) is 28.8 Å². The maximum absolute atomic E-state index is 12.9. The predicted octanol–water partition coefficient (Wildman–Crippen LogP) is 3.33. The Bertz CT molecular complexity index is 894. The summed E-state index contributed by atoms with van der Waals surface area (Å²) in [5.41, 5.74) is 4.04. The average molecular weight is 303 g/mol. The van der Waals surface area contributed by atoms with Gasteiger partial charge in [-0.2, -0.15) is 5.10 Å². The van der Waals surface area contributed by atoms with Crippen LogP contribution >= 0.6 is 0 Å². The maximum Gasteiger partial charge on any atom is 0.231 e. The van der Waals surface area contributed by atoms with Crippen LogP contribution in [0.3, 0.4) is 0 Å². The Hall–Kier alpha value is -2.88. The van der Waals surface area contributed by atoms with Crippen molar-refractivity contribution in [2.24, 2.45) is 0 Å². The minimum Gasteiger partial charge on any atom is -0.311 e. The van der Waals surface area contributed by atoms with Crippen molar-refractivity contribution in [1.82, 2.24) is 9.61 Å². The Morgan fingerprint density at radius 1 is 1.13 bits per heavy atom. The highest BCUT2D eigenvalue weighted by Crippen LogP contribution is 2.26. The lowest BCUT2D eigenvalue weighted by molar-refractivity contribution is -0.118. The summed E-state index contributed by atoms with van der Waals surface area (Å²) in [5.74, 6) is 0.111. The largest absolute Gasteiger partial charge is 0.311 e. The summed E-state index contributed by atoms with van der Waals surface area (Å²) in [7, 11) is 0. The number of carbonyl (C=O) groups is 1. The van der Waals surface area contributed by atoms with Gasteiger partial charge >= 0.3 is 0 Å². The number of pyridine rings is 1. The number of carbonyl (C=O) groups excluding carboxylic acids is 1. The molecule has 1 aromatic carbocycles. The highest BCUT2D eigenvalue weighted by molar-refractivity contribution is 5.97. The molecular weight excluding hydrogens is 286 g/mol. The maximum atomic E-state index is 12.9. The van der Waals surface area contributed by atoms with Crippen LogP contribution in [0.5, 0.6) is 0 Å². The van der Waals surface area contributed by atoms with Crippen molar-refractivity contribution in [2.45, 2.75) is 12.8 Å². The number of anilines is 1. The topological polar surface area (TPSA) is 37.6 Å². The van der Waals surface area contributed by atoms with E-state index < -0.39 is 0 Å². The van der Waals surface area contributed by atoms with Crippen molar-refractivity contribution < 1.29 is 4.79 Å². The molecule has 0 atom stereocenters. The van der Waals surface area contributed by atoms with E-state index in [9.17, 15) is 4.79 Å². The summed E-state index contributed by atoms with van der Waals surface area (Å²) < 4.78 is 1.81. The second kappa shape index (κ2) is 5.72. The van der Waals surface area contributed by atoms with Crippen LogP contribution in [-0.2, 0) is 11.2 Å². The minimum atomic E-state index is 0.111. The van der Waals surface area contributed by atoms with Crippen LogP contribution in [0.4, 0.5) is 5.69 Å². The first-order valence-corrected chi connectivity index (χ1v) is 7.80. The Balaban J connectivity index is 1.65. The molecule has 23 heavy (non-hydrogen) atoms. The molecule has 3 aromatic rings. The zero-order valence-electron chi connectivity index (χ0n) is 12.7. The van der Waals surface area contributed by atoms with Gasteiger partial charge in [-0.05, 0) is 30.2 Å². The van der Waals surface area contributed by atoms with Crippen molar-refractivity contribution in [3.05, 3.63) is 72.1 Å². The first-order chi connectivity index (χ1) is 11.3. The van der Waals surface area contributed by atoms with E-state index in [4.69, 9.17) is 0 Å². The Morgan fingerprint density at radius 2 is 2.00 bits per heavy atom. The standard InChI is InChI=1S/C19H17N3O/c23-19(13-16-14-20-22-12-6-4-10-18(16)22)21-11-5-3-8-15-7-1-2-9-17(15)21/h1-4,6-10,12,14H,5,11,13H2. The van der Waals surface area contributed by atoms with Gasteiger partial charge in [-0.1, -0.05) is 36.4 Å². The lowest BCUT2D eigenvalue weighted by atomic mass is 10.1. The van der Waals surface area contributed by atoms with Crippen molar-refractivity contribution in [3.63, 3.8) is 0 Å². The average Bonchev–Trinajstić information content (AvgIpc) is 2.86. The van der Waals surface area contributed by atoms with E-state index in [0.29, 0.717) is 13.0 Å². The summed E-state index contributed by atoms with van der Waals surface area (Å²) in [6.45, 7) is 0.714. The Labute approximate surface area is 134 Å². The van der Waals surface area contributed by atoms with Crippen molar-refractivity contribution in [2.75, 3.05) is 11.4 Å². The highest BCUT2D eigenvalue weighted by atomic mass is 16.2. The van der Waals surface area contributed by atoms with Crippen molar-refractivity contribution >= 4 is 23.2 Å². The molecule has 3 heterocycles. The van der Waals surface area contributed by atoms with E-state index >= 15 is 0 Å². The molecule has 0 saturated carbocycles. The van der Waals surface area contributed by atoms with Crippen LogP contribution in [-0.4, -0.2) is 22.1 Å². The molecule has 0 aliphatic carbocycles. The SMILES string of the molecule is O=C(Cc1cnn2ccccc12)N1CCC=Cc2ccccc21. The lowest BCUT2D eigenvalue weighted by Gasteiger charge is -2.22. The smallest absolute Gasteiger partial charge is 0.231 e. The van der Waals surface area contributed by atoms with Gasteiger partial charge in [0, 0.05) is 18.3 Å². The Kier molecular flexibility index (Phi) is 3.42. The molecule has 4 rings (SSSR count). The van der Waals surface area contributed by atoms with Crippen LogP contribution in [0.1, 0.15) is 17.5 Å². The van der Waals surface area contributed by atoms with E-state index in [2.05, 4.69) is 17.3 Å². The molecule has 0 saturated heterocycles. The molecule has 0 N–H and O–H groups in total. The van der Waals surface area contributed by atoms with Crippen LogP contribution in [0, 0.1) is 0 Å². The van der Waals surface area contributed by atoms with Gasteiger partial charge < -0.3 is 4.90 Å². The number of benzene rings is 1. The van der Waals surface area contributed by atoms with E-state index in [-0.39, 0.29) is 5.91 Å². The fourth-order valence-corrected chi connectivity index (χ4v) is 3.05. The molecule has 4 heteroatoms. The number of hydrogen-bond acceptors (Lipinski definition) is 2. The van der Waals surface area contributed by atoms with E-state index in [1.165, 1.54) is 0 Å². The van der Waals surface area contributed by atoms with Crippen LogP contribution in [0.15, 0.2) is 60.9 Å². The second-order valence-corrected chi connectivity index (χ2v) is 5.67. The number of para-hydroxylation sites is 1. The molecule has 0 unspecified atom stereocenters. The summed E-state index contributed by atoms with van der Waals surface area (Å²) in [4.78, 5) is 14.8. The molecule has 4 nitrogen and oxygen atoms in total. The third-order valence-corrected chi connectivity index (χ3v) is 4.19. The number of hydrogen-bond donors (Lipinski definition) is 0. The van der Waals surface area contributed by atoms with Gasteiger partial charge in [0.1, 0.15) is 0 Å². The van der Waals surface area contributed by atoms with Crippen LogP contribution in [0.2, 0.25) is 0 Å². The fourth-order valence-electron chi connectivity index (χ4n) is 3.05. The molecule has 0 bridgehead atoms. The molecule has 1 aliphatic heterocycles. The summed E-state index contributed by atoms with van der Waals surface area (Å²) in [6.07, 6.45) is 9.14. The molecule has 1 amide bonds. The molecule has 2 aromatic heterocycles. The normalized spacial score (nSPS) is 13.8. The van der Waals surface area contributed by atoms with E-state index in [1.807, 2.05) is 53.6 Å². The van der Waals surface area contributed by atoms with Gasteiger partial charge in [0.25, 0.3) is 0 Å². The van der Waals surface area contributed by atoms with Crippen LogP contribution in [0.25, 0.3) is 11.6 Å². The number of amides is 1. The zero-order chi connectivity index (χ0) is 15.6. The molecule has 114 valence electrons. The van der Waals surface area contributed by atoms with Crippen LogP contribution < -0.4 is 4.90 Å². The predicted molar refractivity (Wildman–Crippen MR) is 91.3 cm³/mol. The highest BCUT2D eigenvalue weighted by Gasteiger charge is 2.20. The van der Waals surface area contributed by atoms with Gasteiger partial charge in [0.2, 0.25) is 5.91 Å². The second-order valence-electron chi connectivity index (χ2n) is 5.67. The number of nitrogens with zero attached hydrogens (tertiary/aromatic N) is 3. The fraction of sp³-hybridized carbons (Fsp3) is 0.158. The van der Waals surface area contributed by atoms with Gasteiger partial charge in [0.15, 0.2) is 0 Å². The first kappa shape index (κ1) is 13.8. The Morgan fingerprint density at radius 3 is 2.96 bits per heavy atom. The lowest BCUT2D eigenvalue weighted by Crippen LogP contribution is -2.33. The van der Waals surface area contributed by atoms with Gasteiger partial charge in [-0.15, -0.1) is 0 Å². The number of rotatable bonds is 2. The van der Waals surface area contributed by atoms with Gasteiger partial charge in [0.05, 0.1) is 23.8 Å². The summed E-state index contributed by atoms with van der Waals surface area (Å²) in [5, 5.41) is 4.31. The van der Waals surface area contributed by atoms with E-state index in [1.54, 1.807) is 10.7 Å². The van der Waals surface area contributed by atoms with Gasteiger partial charge in [-0.25, -0.2) is 4.52 Å². The van der Waals surface area contributed by atoms with Crippen molar-refractivity contribution in [1.29, 1.82) is 0 Å². The third kappa shape index (κ3) is 2.52. The van der Waals surface area contributed by atoms with Crippen molar-refractivity contribution in [3.8, 4) is 0 Å².